The van der Waals surface area contributed by atoms with Gasteiger partial charge in [0.2, 0.25) is 0 Å². The summed E-state index contributed by atoms with van der Waals surface area (Å²) in [7, 11) is 2.14. The number of rotatable bonds is 2. The summed E-state index contributed by atoms with van der Waals surface area (Å²) in [5, 5.41) is -1.27. The van der Waals surface area contributed by atoms with Crippen molar-refractivity contribution in [1.29, 1.82) is 0 Å². The number of thioether (sulfide) groups is 1. The number of carbonyl (C=O) groups is 1. The molecule has 0 spiro atoms. The molecule has 0 aliphatic carbocycles. The van der Waals surface area contributed by atoms with Crippen LogP contribution < -0.4 is 0 Å². The van der Waals surface area contributed by atoms with Crippen LogP contribution in [-0.2, 0) is 10.2 Å². The van der Waals surface area contributed by atoms with Crippen LogP contribution in [0, 0.1) is 0 Å². The van der Waals surface area contributed by atoms with Gasteiger partial charge in [-0.2, -0.15) is 0 Å². The van der Waals surface area contributed by atoms with Crippen LogP contribution >= 0.6 is 21.0 Å². The molecule has 1 aromatic heterocycles. The molecule has 1 aliphatic heterocycles. The number of aromatic nitrogens is 1. The van der Waals surface area contributed by atoms with Crippen LogP contribution in [0.3, 0.4) is 0 Å². The van der Waals surface area contributed by atoms with E-state index >= 15 is 0 Å². The van der Waals surface area contributed by atoms with Gasteiger partial charge in [-0.05, 0) is 31.5 Å². The van der Waals surface area contributed by atoms with E-state index in [1.165, 1.54) is 12.4 Å². The molecule has 0 saturated carbocycles. The van der Waals surface area contributed by atoms with E-state index in [0.717, 1.165) is 11.8 Å². The Morgan fingerprint density at radius 1 is 1.47 bits per heavy atom. The van der Waals surface area contributed by atoms with Crippen molar-refractivity contribution in [2.24, 2.45) is 4.99 Å². The molecule has 3 unspecified atom stereocenters. The van der Waals surface area contributed by atoms with Crippen molar-refractivity contribution < 1.29 is 9.18 Å². The molecule has 2 rings (SSSR count). The van der Waals surface area contributed by atoms with Gasteiger partial charge in [-0.1, -0.05) is 21.0 Å². The van der Waals surface area contributed by atoms with E-state index in [1.54, 1.807) is 26.0 Å². The zero-order valence-electron chi connectivity index (χ0n) is 9.48. The topological polar surface area (TPSA) is 42.3 Å². The van der Waals surface area contributed by atoms with Gasteiger partial charge < -0.3 is 0 Å². The second-order valence-electron chi connectivity index (χ2n) is 4.02. The molecule has 0 bridgehead atoms. The Bertz CT molecular complexity index is 492. The maximum Gasteiger partial charge on any atom is 0.266 e. The standard InChI is InChI=1S/C11H12FN2OPS/c1-7-14-9(15)10(2,17-7)11(12,16)8-3-5-13-6-4-8/h3-6H,16H2,1-2H3. The minimum Gasteiger partial charge on any atom is -0.271 e. The third kappa shape index (κ3) is 1.91. The number of nitrogens with zero attached hydrogens (tertiary/aromatic N) is 2. The van der Waals surface area contributed by atoms with Gasteiger partial charge in [0.1, 0.15) is 4.75 Å². The first-order valence-corrected chi connectivity index (χ1v) is 6.44. The minimum absolute atomic E-state index is 0.408. The molecule has 0 saturated heterocycles. The summed E-state index contributed by atoms with van der Waals surface area (Å²) in [5.41, 5.74) is 0.408. The van der Waals surface area contributed by atoms with Gasteiger partial charge in [-0.3, -0.25) is 9.78 Å². The van der Waals surface area contributed by atoms with Crippen LogP contribution in [0.2, 0.25) is 0 Å². The maximum atomic E-state index is 15.0. The van der Waals surface area contributed by atoms with Gasteiger partial charge in [0.25, 0.3) is 5.91 Å². The largest absolute Gasteiger partial charge is 0.271 e. The average Bonchev–Trinajstić information content (AvgIpc) is 2.55. The highest BCUT2D eigenvalue weighted by Gasteiger charge is 2.56. The normalized spacial score (nSPS) is 27.8. The zero-order chi connectivity index (χ0) is 12.7. The molecule has 1 amide bonds. The van der Waals surface area contributed by atoms with Gasteiger partial charge in [-0.25, -0.2) is 9.38 Å². The summed E-state index contributed by atoms with van der Waals surface area (Å²) in [4.78, 5) is 19.5. The molecule has 3 nitrogen and oxygen atoms in total. The first kappa shape index (κ1) is 12.7. The Kier molecular flexibility index (Phi) is 3.08. The summed E-state index contributed by atoms with van der Waals surface area (Å²) in [6.45, 7) is 3.29. The van der Waals surface area contributed by atoms with E-state index in [-0.39, 0.29) is 0 Å². The fourth-order valence-electron chi connectivity index (χ4n) is 1.71. The smallest absolute Gasteiger partial charge is 0.266 e. The fraction of sp³-hybridized carbons (Fsp3) is 0.364. The highest BCUT2D eigenvalue weighted by molar-refractivity contribution is 8.16. The third-order valence-electron chi connectivity index (χ3n) is 2.81. The third-order valence-corrected chi connectivity index (χ3v) is 5.20. The fourth-order valence-corrected chi connectivity index (χ4v) is 3.32. The van der Waals surface area contributed by atoms with Crippen molar-refractivity contribution in [2.45, 2.75) is 24.0 Å². The van der Waals surface area contributed by atoms with Crippen LogP contribution in [0.15, 0.2) is 29.5 Å². The highest BCUT2D eigenvalue weighted by Crippen LogP contribution is 2.53. The number of aliphatic imine (C=N–C) groups is 1. The number of hydrogen-bond acceptors (Lipinski definition) is 3. The average molecular weight is 270 g/mol. The van der Waals surface area contributed by atoms with Crippen molar-refractivity contribution >= 4 is 32.0 Å². The lowest BCUT2D eigenvalue weighted by atomic mass is 9.97. The van der Waals surface area contributed by atoms with E-state index in [2.05, 4.69) is 19.2 Å². The second-order valence-corrected chi connectivity index (χ2v) is 6.43. The number of carbonyl (C=O) groups excluding carboxylic acids is 1. The van der Waals surface area contributed by atoms with E-state index in [9.17, 15) is 9.18 Å². The predicted octanol–water partition coefficient (Wildman–Crippen LogP) is 2.53. The van der Waals surface area contributed by atoms with Crippen molar-refractivity contribution in [2.75, 3.05) is 0 Å². The van der Waals surface area contributed by atoms with Gasteiger partial charge in [-0.15, -0.1) is 0 Å². The van der Waals surface area contributed by atoms with Crippen LogP contribution in [0.25, 0.3) is 0 Å². The number of amides is 1. The summed E-state index contributed by atoms with van der Waals surface area (Å²) >= 11 is 1.16. The lowest BCUT2D eigenvalue weighted by Crippen LogP contribution is -2.43. The monoisotopic (exact) mass is 270 g/mol. The van der Waals surface area contributed by atoms with Crippen LogP contribution in [-0.4, -0.2) is 20.7 Å². The molecule has 0 N–H and O–H groups in total. The molecule has 0 radical (unpaired) electrons. The van der Waals surface area contributed by atoms with E-state index in [4.69, 9.17) is 0 Å². The molecule has 6 heteroatoms. The van der Waals surface area contributed by atoms with Gasteiger partial charge >= 0.3 is 0 Å². The second kappa shape index (κ2) is 4.14. The molecular formula is C11H12FN2OPS. The van der Waals surface area contributed by atoms with Gasteiger partial charge in [0.15, 0.2) is 5.41 Å². The molecule has 0 fully saturated rings. The first-order valence-electron chi connectivity index (χ1n) is 5.05. The van der Waals surface area contributed by atoms with Crippen LogP contribution in [0.4, 0.5) is 4.39 Å². The Hall–Kier alpha value is -0.800. The lowest BCUT2D eigenvalue weighted by molar-refractivity contribution is -0.121. The summed E-state index contributed by atoms with van der Waals surface area (Å²) in [6, 6.07) is 3.14. The Morgan fingerprint density at radius 3 is 2.53 bits per heavy atom. The Morgan fingerprint density at radius 2 is 2.06 bits per heavy atom. The van der Waals surface area contributed by atoms with Crippen molar-refractivity contribution in [3.63, 3.8) is 0 Å². The lowest BCUT2D eigenvalue weighted by Gasteiger charge is -2.34. The number of hydrogen-bond donors (Lipinski definition) is 0. The molecule has 1 aromatic rings. The van der Waals surface area contributed by atoms with Crippen molar-refractivity contribution in [3.05, 3.63) is 30.1 Å². The van der Waals surface area contributed by atoms with Crippen LogP contribution in [0.1, 0.15) is 19.4 Å². The molecule has 90 valence electrons. The molecular weight excluding hydrogens is 258 g/mol. The minimum atomic E-state index is -1.86. The SMILES string of the molecule is CC1=NC(=O)C(C)(C(F)(P)c2ccncc2)S1. The zero-order valence-corrected chi connectivity index (χ0v) is 11.4. The van der Waals surface area contributed by atoms with Gasteiger partial charge in [0.05, 0.1) is 5.04 Å². The quantitative estimate of drug-likeness (QED) is 0.775. The molecule has 2 heterocycles. The highest BCUT2D eigenvalue weighted by atomic mass is 32.2. The van der Waals surface area contributed by atoms with Gasteiger partial charge in [0, 0.05) is 12.4 Å². The maximum absolute atomic E-state index is 15.0. The summed E-state index contributed by atoms with van der Waals surface area (Å²) in [6.07, 6.45) is 3.02. The summed E-state index contributed by atoms with van der Waals surface area (Å²) < 4.78 is 13.7. The predicted molar refractivity (Wildman–Crippen MR) is 70.8 cm³/mol. The first-order chi connectivity index (χ1) is 7.88. The van der Waals surface area contributed by atoms with Crippen molar-refractivity contribution in [1.82, 2.24) is 4.98 Å². The van der Waals surface area contributed by atoms with E-state index in [0.29, 0.717) is 10.6 Å². The Balaban J connectivity index is 2.44. The number of halogens is 1. The summed E-state index contributed by atoms with van der Waals surface area (Å²) in [5.74, 6) is -0.436. The Labute approximate surface area is 106 Å². The van der Waals surface area contributed by atoms with E-state index in [1.807, 2.05) is 0 Å². The molecule has 3 atom stereocenters. The molecule has 1 aliphatic rings. The molecule has 0 aromatic carbocycles. The number of alkyl halides is 1. The van der Waals surface area contributed by atoms with E-state index < -0.39 is 16.1 Å². The van der Waals surface area contributed by atoms with Crippen LogP contribution in [0.5, 0.6) is 0 Å². The number of pyridine rings is 1. The molecule has 17 heavy (non-hydrogen) atoms. The van der Waals surface area contributed by atoms with Crippen molar-refractivity contribution in [3.8, 4) is 0 Å².